The Bertz CT molecular complexity index is 392. The third kappa shape index (κ3) is 2.65. The molecule has 0 spiro atoms. The summed E-state index contributed by atoms with van der Waals surface area (Å²) in [6.45, 7) is 4.00. The van der Waals surface area contributed by atoms with E-state index in [4.69, 9.17) is 0 Å². The Hall–Kier alpha value is -0.960. The molecule has 2 nitrogen and oxygen atoms in total. The maximum atomic E-state index is 13.2. The zero-order valence-electron chi connectivity index (χ0n) is 10.5. The lowest BCUT2D eigenvalue weighted by Gasteiger charge is -2.38. The summed E-state index contributed by atoms with van der Waals surface area (Å²) in [5, 5.41) is 10.6. The lowest BCUT2D eigenvalue weighted by molar-refractivity contribution is -0.0298. The SMILES string of the molecule is CC1CCCC(C(C)(O)c2cncc(F)c2)C1. The molecule has 0 aromatic carbocycles. The molecule has 1 aliphatic rings. The van der Waals surface area contributed by atoms with Crippen molar-refractivity contribution in [2.24, 2.45) is 11.8 Å². The molecular weight excluding hydrogens is 217 g/mol. The van der Waals surface area contributed by atoms with Crippen molar-refractivity contribution in [1.29, 1.82) is 0 Å². The summed E-state index contributed by atoms with van der Waals surface area (Å²) in [6, 6.07) is 1.40. The van der Waals surface area contributed by atoms with Crippen molar-refractivity contribution in [3.63, 3.8) is 0 Å². The lowest BCUT2D eigenvalue weighted by Crippen LogP contribution is -2.35. The lowest BCUT2D eigenvalue weighted by atomic mass is 9.72. The van der Waals surface area contributed by atoms with Crippen molar-refractivity contribution in [2.45, 2.75) is 45.1 Å². The monoisotopic (exact) mass is 237 g/mol. The number of rotatable bonds is 2. The zero-order valence-corrected chi connectivity index (χ0v) is 10.5. The van der Waals surface area contributed by atoms with Crippen LogP contribution in [0.15, 0.2) is 18.5 Å². The van der Waals surface area contributed by atoms with Gasteiger partial charge in [-0.25, -0.2) is 4.39 Å². The van der Waals surface area contributed by atoms with Crippen LogP contribution in [-0.4, -0.2) is 10.1 Å². The van der Waals surface area contributed by atoms with Gasteiger partial charge in [0.2, 0.25) is 0 Å². The standard InChI is InChI=1S/C14H20FNO/c1-10-4-3-5-11(6-10)14(2,17)12-7-13(15)9-16-8-12/h7-11,17H,3-6H2,1-2H3. The zero-order chi connectivity index (χ0) is 12.5. The summed E-state index contributed by atoms with van der Waals surface area (Å²) in [4.78, 5) is 3.83. The maximum Gasteiger partial charge on any atom is 0.141 e. The molecule has 17 heavy (non-hydrogen) atoms. The highest BCUT2D eigenvalue weighted by molar-refractivity contribution is 5.19. The average molecular weight is 237 g/mol. The topological polar surface area (TPSA) is 33.1 Å². The molecule has 0 aliphatic heterocycles. The van der Waals surface area contributed by atoms with Gasteiger partial charge in [-0.15, -0.1) is 0 Å². The van der Waals surface area contributed by atoms with Crippen LogP contribution in [0.4, 0.5) is 4.39 Å². The van der Waals surface area contributed by atoms with E-state index in [0.717, 1.165) is 19.3 Å². The van der Waals surface area contributed by atoms with E-state index < -0.39 is 5.60 Å². The minimum Gasteiger partial charge on any atom is -0.385 e. The van der Waals surface area contributed by atoms with Gasteiger partial charge >= 0.3 is 0 Å². The van der Waals surface area contributed by atoms with Gasteiger partial charge in [0.1, 0.15) is 5.82 Å². The molecule has 2 rings (SSSR count). The van der Waals surface area contributed by atoms with Gasteiger partial charge in [-0.1, -0.05) is 19.8 Å². The highest BCUT2D eigenvalue weighted by Gasteiger charge is 2.36. The van der Waals surface area contributed by atoms with Crippen LogP contribution in [-0.2, 0) is 5.60 Å². The van der Waals surface area contributed by atoms with Gasteiger partial charge in [-0.05, 0) is 37.7 Å². The van der Waals surface area contributed by atoms with Crippen LogP contribution in [0.25, 0.3) is 0 Å². The molecule has 0 radical (unpaired) electrons. The molecule has 1 N–H and O–H groups in total. The first kappa shape index (κ1) is 12.5. The molecule has 3 heteroatoms. The predicted molar refractivity (Wildman–Crippen MR) is 64.9 cm³/mol. The van der Waals surface area contributed by atoms with Crippen molar-refractivity contribution in [1.82, 2.24) is 4.98 Å². The van der Waals surface area contributed by atoms with E-state index >= 15 is 0 Å². The average Bonchev–Trinajstić information content (AvgIpc) is 2.29. The molecule has 1 saturated carbocycles. The fourth-order valence-corrected chi connectivity index (χ4v) is 2.87. The molecule has 0 bridgehead atoms. The van der Waals surface area contributed by atoms with Crippen LogP contribution < -0.4 is 0 Å². The van der Waals surface area contributed by atoms with Gasteiger partial charge in [-0.2, -0.15) is 0 Å². The van der Waals surface area contributed by atoms with Crippen molar-refractivity contribution in [3.8, 4) is 0 Å². The second-order valence-corrected chi connectivity index (χ2v) is 5.51. The fraction of sp³-hybridized carbons (Fsp3) is 0.643. The van der Waals surface area contributed by atoms with E-state index in [9.17, 15) is 9.50 Å². The number of nitrogens with zero attached hydrogens (tertiary/aromatic N) is 1. The minimum absolute atomic E-state index is 0.204. The molecule has 94 valence electrons. The first-order valence-electron chi connectivity index (χ1n) is 6.33. The van der Waals surface area contributed by atoms with Crippen LogP contribution >= 0.6 is 0 Å². The Morgan fingerprint density at radius 3 is 2.82 bits per heavy atom. The molecule has 1 aromatic heterocycles. The molecule has 1 fully saturated rings. The molecule has 0 saturated heterocycles. The molecule has 1 aliphatic carbocycles. The van der Waals surface area contributed by atoms with Crippen molar-refractivity contribution >= 4 is 0 Å². The third-order valence-corrected chi connectivity index (χ3v) is 4.02. The van der Waals surface area contributed by atoms with Crippen LogP contribution in [0.5, 0.6) is 0 Å². The van der Waals surface area contributed by atoms with E-state index in [-0.39, 0.29) is 11.7 Å². The van der Waals surface area contributed by atoms with E-state index in [1.54, 1.807) is 13.1 Å². The van der Waals surface area contributed by atoms with E-state index in [1.165, 1.54) is 18.7 Å². The molecular formula is C14H20FNO. The molecule has 3 atom stereocenters. The van der Waals surface area contributed by atoms with Gasteiger partial charge in [0.15, 0.2) is 0 Å². The van der Waals surface area contributed by atoms with E-state index in [0.29, 0.717) is 11.5 Å². The van der Waals surface area contributed by atoms with Gasteiger partial charge in [0.05, 0.1) is 11.8 Å². The third-order valence-electron chi connectivity index (χ3n) is 4.02. The van der Waals surface area contributed by atoms with Gasteiger partial charge < -0.3 is 5.11 Å². The Labute approximate surface area is 102 Å². The number of aromatic nitrogens is 1. The van der Waals surface area contributed by atoms with E-state index in [1.807, 2.05) is 0 Å². The van der Waals surface area contributed by atoms with Gasteiger partial charge in [0, 0.05) is 11.8 Å². The second kappa shape index (κ2) is 4.73. The summed E-state index contributed by atoms with van der Waals surface area (Å²) < 4.78 is 13.2. The highest BCUT2D eigenvalue weighted by atomic mass is 19.1. The summed E-state index contributed by atoms with van der Waals surface area (Å²) >= 11 is 0. The van der Waals surface area contributed by atoms with Crippen molar-refractivity contribution < 1.29 is 9.50 Å². The highest BCUT2D eigenvalue weighted by Crippen LogP contribution is 2.40. The van der Waals surface area contributed by atoms with Gasteiger partial charge in [-0.3, -0.25) is 4.98 Å². The Morgan fingerprint density at radius 2 is 2.18 bits per heavy atom. The number of aliphatic hydroxyl groups is 1. The smallest absolute Gasteiger partial charge is 0.141 e. The summed E-state index contributed by atoms with van der Waals surface area (Å²) in [6.07, 6.45) is 7.13. The molecule has 3 unspecified atom stereocenters. The van der Waals surface area contributed by atoms with Crippen LogP contribution in [0.2, 0.25) is 0 Å². The van der Waals surface area contributed by atoms with Crippen molar-refractivity contribution in [3.05, 3.63) is 29.8 Å². The molecule has 0 amide bonds. The largest absolute Gasteiger partial charge is 0.385 e. The first-order chi connectivity index (χ1) is 8.00. The summed E-state index contributed by atoms with van der Waals surface area (Å²) in [5.74, 6) is 0.461. The number of hydrogen-bond acceptors (Lipinski definition) is 2. The summed E-state index contributed by atoms with van der Waals surface area (Å²) in [7, 11) is 0. The Morgan fingerprint density at radius 1 is 1.41 bits per heavy atom. The van der Waals surface area contributed by atoms with Crippen molar-refractivity contribution in [2.75, 3.05) is 0 Å². The number of hydrogen-bond donors (Lipinski definition) is 1. The number of pyridine rings is 1. The quantitative estimate of drug-likeness (QED) is 0.856. The minimum atomic E-state index is -0.968. The fourth-order valence-electron chi connectivity index (χ4n) is 2.87. The Kier molecular flexibility index (Phi) is 3.48. The summed E-state index contributed by atoms with van der Waals surface area (Å²) in [5.41, 5.74) is -0.374. The van der Waals surface area contributed by atoms with Gasteiger partial charge in [0.25, 0.3) is 0 Å². The maximum absolute atomic E-state index is 13.2. The van der Waals surface area contributed by atoms with Crippen LogP contribution in [0, 0.1) is 17.7 Å². The first-order valence-corrected chi connectivity index (χ1v) is 6.33. The molecule has 1 aromatic rings. The molecule has 1 heterocycles. The van der Waals surface area contributed by atoms with E-state index in [2.05, 4.69) is 11.9 Å². The normalized spacial score (nSPS) is 28.7. The van der Waals surface area contributed by atoms with Crippen LogP contribution in [0.1, 0.15) is 45.1 Å². The Balaban J connectivity index is 2.22. The predicted octanol–water partition coefficient (Wildman–Crippen LogP) is 3.25. The number of halogens is 1. The van der Waals surface area contributed by atoms with Crippen LogP contribution in [0.3, 0.4) is 0 Å². The second-order valence-electron chi connectivity index (χ2n) is 5.51.